The number of carbonyl (C=O) groups is 1. The fraction of sp³-hybridized carbons (Fsp3) is 0.217. The van der Waals surface area contributed by atoms with Crippen LogP contribution in [0.1, 0.15) is 27.3 Å². The third kappa shape index (κ3) is 4.04. The molecule has 0 saturated carbocycles. The molecule has 11 heteroatoms. The highest BCUT2D eigenvalue weighted by molar-refractivity contribution is 5.97. The second-order valence-electron chi connectivity index (χ2n) is 7.88. The van der Waals surface area contributed by atoms with Crippen LogP contribution in [0, 0.1) is 12.7 Å². The van der Waals surface area contributed by atoms with Gasteiger partial charge in [-0.2, -0.15) is 0 Å². The lowest BCUT2D eigenvalue weighted by Gasteiger charge is -2.29. The Morgan fingerprint density at radius 2 is 1.94 bits per heavy atom. The highest BCUT2D eigenvalue weighted by Gasteiger charge is 2.32. The topological polar surface area (TPSA) is 72.6 Å². The largest absolute Gasteiger partial charge is 0.573 e. The van der Waals surface area contributed by atoms with Crippen LogP contribution >= 0.6 is 0 Å². The van der Waals surface area contributed by atoms with Gasteiger partial charge in [0.2, 0.25) is 0 Å². The number of alkyl halides is 3. The summed E-state index contributed by atoms with van der Waals surface area (Å²) in [4.78, 5) is 19.3. The Balaban J connectivity index is 1.47. The first-order valence-electron chi connectivity index (χ1n) is 10.3. The average Bonchev–Trinajstić information content (AvgIpc) is 3.26. The Labute approximate surface area is 190 Å². The molecule has 0 radical (unpaired) electrons. The maximum Gasteiger partial charge on any atom is 0.573 e. The first-order valence-corrected chi connectivity index (χ1v) is 10.3. The number of aryl methyl sites for hydroxylation is 1. The quantitative estimate of drug-likeness (QED) is 0.414. The predicted octanol–water partition coefficient (Wildman–Crippen LogP) is 4.34. The minimum Gasteiger partial charge on any atom is -0.406 e. The van der Waals surface area contributed by atoms with Gasteiger partial charge in [-0.3, -0.25) is 9.78 Å². The number of benzene rings is 1. The number of aromatic nitrogens is 4. The van der Waals surface area contributed by atoms with E-state index in [-0.39, 0.29) is 24.6 Å². The van der Waals surface area contributed by atoms with Crippen LogP contribution in [0.25, 0.3) is 16.8 Å². The molecule has 0 saturated heterocycles. The van der Waals surface area contributed by atoms with Crippen molar-refractivity contribution in [1.29, 1.82) is 0 Å². The summed E-state index contributed by atoms with van der Waals surface area (Å²) in [5, 5.41) is 8.01. The van der Waals surface area contributed by atoms with Crippen LogP contribution in [-0.2, 0) is 13.0 Å². The number of nitrogens with zero attached hydrogens (tertiary/aromatic N) is 5. The van der Waals surface area contributed by atoms with Crippen molar-refractivity contribution in [3.05, 3.63) is 77.0 Å². The first-order chi connectivity index (χ1) is 16.2. The van der Waals surface area contributed by atoms with Gasteiger partial charge in [-0.15, -0.1) is 18.3 Å². The zero-order valence-corrected chi connectivity index (χ0v) is 17.8. The molecule has 3 aromatic heterocycles. The molecule has 0 aliphatic carbocycles. The molecule has 1 aliphatic rings. The van der Waals surface area contributed by atoms with Crippen molar-refractivity contribution >= 4 is 11.4 Å². The molecule has 1 aromatic carbocycles. The van der Waals surface area contributed by atoms with Crippen LogP contribution in [0.4, 0.5) is 17.6 Å². The Morgan fingerprint density at radius 1 is 1.12 bits per heavy atom. The van der Waals surface area contributed by atoms with Gasteiger partial charge < -0.3 is 9.64 Å². The molecule has 7 nitrogen and oxygen atoms in total. The number of amides is 1. The van der Waals surface area contributed by atoms with Gasteiger partial charge in [0.15, 0.2) is 0 Å². The van der Waals surface area contributed by atoms with Crippen LogP contribution in [0.5, 0.6) is 5.75 Å². The van der Waals surface area contributed by atoms with Crippen LogP contribution in [-0.4, -0.2) is 43.5 Å². The van der Waals surface area contributed by atoms with E-state index in [2.05, 4.69) is 20.0 Å². The molecule has 0 spiro atoms. The smallest absolute Gasteiger partial charge is 0.406 e. The fourth-order valence-electron chi connectivity index (χ4n) is 4.08. The maximum absolute atomic E-state index is 14.3. The van der Waals surface area contributed by atoms with Crippen molar-refractivity contribution in [1.82, 2.24) is 24.7 Å². The number of carbonyl (C=O) groups excluding carboxylic acids is 1. The molecule has 34 heavy (non-hydrogen) atoms. The summed E-state index contributed by atoms with van der Waals surface area (Å²) in [5.41, 5.74) is 3.78. The van der Waals surface area contributed by atoms with Crippen LogP contribution < -0.4 is 4.74 Å². The molecule has 0 fully saturated rings. The molecule has 0 N–H and O–H groups in total. The number of pyridine rings is 2. The lowest BCUT2D eigenvalue weighted by molar-refractivity contribution is -0.274. The van der Waals surface area contributed by atoms with E-state index in [0.717, 1.165) is 23.7 Å². The number of hydrogen-bond acceptors (Lipinski definition) is 5. The third-order valence-electron chi connectivity index (χ3n) is 5.64. The molecule has 0 bridgehead atoms. The fourth-order valence-corrected chi connectivity index (χ4v) is 4.08. The summed E-state index contributed by atoms with van der Waals surface area (Å²) in [7, 11) is 0. The first kappa shape index (κ1) is 21.8. The highest BCUT2D eigenvalue weighted by Crippen LogP contribution is 2.30. The van der Waals surface area contributed by atoms with Crippen LogP contribution in [0.2, 0.25) is 0 Å². The van der Waals surface area contributed by atoms with E-state index in [1.807, 2.05) is 25.1 Å². The monoisotopic (exact) mass is 471 g/mol. The van der Waals surface area contributed by atoms with E-state index in [0.29, 0.717) is 34.6 Å². The summed E-state index contributed by atoms with van der Waals surface area (Å²) in [6.45, 7) is 1.88. The van der Waals surface area contributed by atoms with E-state index in [4.69, 9.17) is 0 Å². The molecule has 1 aliphatic heterocycles. The van der Waals surface area contributed by atoms with Crippen molar-refractivity contribution in [2.24, 2.45) is 0 Å². The van der Waals surface area contributed by atoms with Gasteiger partial charge in [-0.25, -0.2) is 8.91 Å². The van der Waals surface area contributed by atoms with Crippen molar-refractivity contribution in [2.45, 2.75) is 26.3 Å². The van der Waals surface area contributed by atoms with E-state index in [1.165, 1.54) is 4.90 Å². The molecule has 174 valence electrons. The number of halogens is 4. The van der Waals surface area contributed by atoms with Gasteiger partial charge in [-0.05, 0) is 43.3 Å². The van der Waals surface area contributed by atoms with E-state index >= 15 is 0 Å². The molecule has 4 aromatic rings. The minimum absolute atomic E-state index is 0.0776. The Bertz CT molecular complexity index is 1420. The SMILES string of the molecule is Cc1nc2c(cc1-c1cccc3cnnn13)C(=O)N(Cc1cc(OC(F)(F)F)ccc1F)CC2. The van der Waals surface area contributed by atoms with Gasteiger partial charge in [0.1, 0.15) is 11.6 Å². The van der Waals surface area contributed by atoms with Gasteiger partial charge >= 0.3 is 6.36 Å². The minimum atomic E-state index is -4.90. The summed E-state index contributed by atoms with van der Waals surface area (Å²) in [6, 6.07) is 10.00. The average molecular weight is 471 g/mol. The Hall–Kier alpha value is -4.02. The molecule has 5 rings (SSSR count). The number of fused-ring (bicyclic) bond motifs is 2. The number of ether oxygens (including phenoxy) is 1. The summed E-state index contributed by atoms with van der Waals surface area (Å²) in [6.07, 6.45) is -2.86. The number of rotatable bonds is 4. The van der Waals surface area contributed by atoms with Crippen molar-refractivity contribution in [3.63, 3.8) is 0 Å². The van der Waals surface area contributed by atoms with E-state index in [9.17, 15) is 22.4 Å². The predicted molar refractivity (Wildman–Crippen MR) is 112 cm³/mol. The molecule has 1 amide bonds. The lowest BCUT2D eigenvalue weighted by atomic mass is 9.98. The second kappa shape index (κ2) is 8.08. The van der Waals surface area contributed by atoms with Gasteiger partial charge in [-0.1, -0.05) is 11.3 Å². The van der Waals surface area contributed by atoms with E-state index < -0.39 is 17.9 Å². The van der Waals surface area contributed by atoms with Crippen molar-refractivity contribution in [2.75, 3.05) is 6.54 Å². The molecular formula is C23H17F4N5O2. The summed E-state index contributed by atoms with van der Waals surface area (Å²) in [5.74, 6) is -1.66. The second-order valence-corrected chi connectivity index (χ2v) is 7.88. The maximum atomic E-state index is 14.3. The molecule has 0 unspecified atom stereocenters. The van der Waals surface area contributed by atoms with Gasteiger partial charge in [0.05, 0.1) is 28.7 Å². The third-order valence-corrected chi connectivity index (χ3v) is 5.64. The highest BCUT2D eigenvalue weighted by atomic mass is 19.4. The van der Waals surface area contributed by atoms with Crippen LogP contribution in [0.3, 0.4) is 0 Å². The molecule has 0 atom stereocenters. The Kier molecular flexibility index (Phi) is 5.18. The lowest BCUT2D eigenvalue weighted by Crippen LogP contribution is -2.38. The standard InChI is InChI=1S/C23H17F4N5O2/c1-13-17(21-4-2-3-15-11-28-30-32(15)21)10-18-20(29-13)7-8-31(22(18)33)12-14-9-16(5-6-19(14)24)34-23(25,26)27/h2-6,9-11H,7-8,12H2,1H3. The zero-order chi connectivity index (χ0) is 24.0. The van der Waals surface area contributed by atoms with Gasteiger partial charge in [0.25, 0.3) is 5.91 Å². The van der Waals surface area contributed by atoms with Gasteiger partial charge in [0, 0.05) is 36.3 Å². The van der Waals surface area contributed by atoms with Crippen molar-refractivity contribution in [3.8, 4) is 17.0 Å². The zero-order valence-electron chi connectivity index (χ0n) is 17.8. The summed E-state index contributed by atoms with van der Waals surface area (Å²) < 4.78 is 57.5. The van der Waals surface area contributed by atoms with E-state index in [1.54, 1.807) is 16.8 Å². The molecular weight excluding hydrogens is 454 g/mol. The Morgan fingerprint density at radius 3 is 2.74 bits per heavy atom. The van der Waals surface area contributed by atoms with Crippen molar-refractivity contribution < 1.29 is 27.1 Å². The summed E-state index contributed by atoms with van der Waals surface area (Å²) >= 11 is 0. The van der Waals surface area contributed by atoms with Crippen LogP contribution in [0.15, 0.2) is 48.7 Å². The normalized spacial score (nSPS) is 13.9. The number of hydrogen-bond donors (Lipinski definition) is 0. The molecule has 4 heterocycles.